The summed E-state index contributed by atoms with van der Waals surface area (Å²) in [5.41, 5.74) is 0.825. The van der Waals surface area contributed by atoms with E-state index in [1.54, 1.807) is 12.4 Å². The van der Waals surface area contributed by atoms with Gasteiger partial charge in [0, 0.05) is 32.4 Å². The van der Waals surface area contributed by atoms with Gasteiger partial charge in [-0.25, -0.2) is 9.97 Å². The first-order valence-corrected chi connectivity index (χ1v) is 9.11. The van der Waals surface area contributed by atoms with Gasteiger partial charge in [0.1, 0.15) is 11.6 Å². The van der Waals surface area contributed by atoms with E-state index in [2.05, 4.69) is 30.5 Å². The molecule has 0 aliphatic carbocycles. The minimum atomic E-state index is 0.0307. The lowest BCUT2D eigenvalue weighted by molar-refractivity contribution is -0.120. The Balaban J connectivity index is 1.43. The maximum Gasteiger partial charge on any atom is 0.239 e. The van der Waals surface area contributed by atoms with E-state index in [-0.39, 0.29) is 5.91 Å². The Bertz CT molecular complexity index is 758. The Kier molecular flexibility index (Phi) is 4.81. The van der Waals surface area contributed by atoms with Crippen LogP contribution in [0.15, 0.2) is 30.6 Å². The third-order valence-corrected chi connectivity index (χ3v) is 4.69. The highest BCUT2D eigenvalue weighted by atomic mass is 16.2. The summed E-state index contributed by atoms with van der Waals surface area (Å²) in [6.45, 7) is 3.87. The zero-order valence-electron chi connectivity index (χ0n) is 14.7. The number of nitrogens with zero attached hydrogens (tertiary/aromatic N) is 5. The van der Waals surface area contributed by atoms with E-state index in [4.69, 9.17) is 0 Å². The summed E-state index contributed by atoms with van der Waals surface area (Å²) < 4.78 is 0. The highest BCUT2D eigenvalue weighted by Crippen LogP contribution is 2.21. The molecule has 0 radical (unpaired) electrons. The second-order valence-electron chi connectivity index (χ2n) is 6.59. The number of hydrogen-bond donors (Lipinski definition) is 2. The molecule has 0 saturated carbocycles. The lowest BCUT2D eigenvalue weighted by Crippen LogP contribution is -2.48. The normalized spacial score (nSPS) is 17.8. The fourth-order valence-electron chi connectivity index (χ4n) is 3.32. The van der Waals surface area contributed by atoms with Crippen LogP contribution in [-0.2, 0) is 4.79 Å². The average Bonchev–Trinajstić information content (AvgIpc) is 2.69. The first kappa shape index (κ1) is 16.6. The van der Waals surface area contributed by atoms with Crippen molar-refractivity contribution >= 4 is 29.2 Å². The van der Waals surface area contributed by atoms with Gasteiger partial charge in [-0.3, -0.25) is 4.79 Å². The molecule has 136 valence electrons. The molecular formula is C18H23N7O. The van der Waals surface area contributed by atoms with E-state index in [1.807, 2.05) is 23.1 Å². The molecule has 0 bridgehead atoms. The van der Waals surface area contributed by atoms with Gasteiger partial charge in [0.25, 0.3) is 0 Å². The molecule has 0 spiro atoms. The third kappa shape index (κ3) is 3.84. The number of hydrogen-bond acceptors (Lipinski definition) is 7. The largest absolute Gasteiger partial charge is 0.356 e. The first-order chi connectivity index (χ1) is 12.8. The second kappa shape index (κ2) is 7.55. The van der Waals surface area contributed by atoms with Crippen molar-refractivity contribution in [3.8, 4) is 0 Å². The predicted molar refractivity (Wildman–Crippen MR) is 101 cm³/mol. The van der Waals surface area contributed by atoms with Crippen LogP contribution < -0.4 is 20.4 Å². The number of pyridine rings is 1. The topological polar surface area (TPSA) is 86.3 Å². The van der Waals surface area contributed by atoms with E-state index in [1.165, 1.54) is 19.3 Å². The molecule has 2 aromatic heterocycles. The number of carbonyl (C=O) groups is 1. The molecule has 4 heterocycles. The second-order valence-corrected chi connectivity index (χ2v) is 6.59. The van der Waals surface area contributed by atoms with Gasteiger partial charge in [0.05, 0.1) is 18.4 Å². The number of rotatable bonds is 4. The summed E-state index contributed by atoms with van der Waals surface area (Å²) >= 11 is 0. The van der Waals surface area contributed by atoms with E-state index in [9.17, 15) is 4.79 Å². The molecular weight excluding hydrogens is 330 g/mol. The maximum atomic E-state index is 11.5. The molecule has 2 aliphatic rings. The standard InChI is InChI=1S/C18H23N7O/c26-17-13-25(11-8-19-17)15-5-4-14(12-21-15)22-18-20-7-6-16(23-18)24-9-2-1-3-10-24/h4-7,12H,1-3,8-11,13H2,(H,19,26)(H,20,22,23). The van der Waals surface area contributed by atoms with Crippen LogP contribution in [0.1, 0.15) is 19.3 Å². The zero-order chi connectivity index (χ0) is 17.8. The number of piperazine rings is 1. The highest BCUT2D eigenvalue weighted by molar-refractivity contribution is 5.82. The van der Waals surface area contributed by atoms with Gasteiger partial charge in [-0.15, -0.1) is 0 Å². The number of piperidine rings is 1. The van der Waals surface area contributed by atoms with Crippen molar-refractivity contribution in [2.24, 2.45) is 0 Å². The maximum absolute atomic E-state index is 11.5. The van der Waals surface area contributed by atoms with Gasteiger partial charge in [-0.2, -0.15) is 4.98 Å². The molecule has 8 nitrogen and oxygen atoms in total. The fourth-order valence-corrected chi connectivity index (χ4v) is 3.32. The lowest BCUT2D eigenvalue weighted by Gasteiger charge is -2.28. The summed E-state index contributed by atoms with van der Waals surface area (Å²) in [5.74, 6) is 2.36. The van der Waals surface area contributed by atoms with Gasteiger partial charge >= 0.3 is 0 Å². The smallest absolute Gasteiger partial charge is 0.239 e. The number of amides is 1. The Morgan fingerprint density at radius 1 is 0.962 bits per heavy atom. The molecule has 8 heteroatoms. The highest BCUT2D eigenvalue weighted by Gasteiger charge is 2.17. The summed E-state index contributed by atoms with van der Waals surface area (Å²) in [5, 5.41) is 6.03. The van der Waals surface area contributed by atoms with Crippen molar-refractivity contribution in [2.45, 2.75) is 19.3 Å². The van der Waals surface area contributed by atoms with Crippen LogP contribution in [0.2, 0.25) is 0 Å². The van der Waals surface area contributed by atoms with Crippen LogP contribution in [0, 0.1) is 0 Å². The van der Waals surface area contributed by atoms with Gasteiger partial charge in [0.15, 0.2) is 0 Å². The van der Waals surface area contributed by atoms with Gasteiger partial charge < -0.3 is 20.4 Å². The Morgan fingerprint density at radius 3 is 2.62 bits per heavy atom. The van der Waals surface area contributed by atoms with Crippen molar-refractivity contribution in [3.63, 3.8) is 0 Å². The quantitative estimate of drug-likeness (QED) is 0.862. The molecule has 0 atom stereocenters. The first-order valence-electron chi connectivity index (χ1n) is 9.11. The van der Waals surface area contributed by atoms with Crippen LogP contribution >= 0.6 is 0 Å². The molecule has 2 fully saturated rings. The molecule has 2 saturated heterocycles. The Labute approximate surface area is 152 Å². The molecule has 4 rings (SSSR count). The van der Waals surface area contributed by atoms with Crippen LogP contribution in [0.25, 0.3) is 0 Å². The van der Waals surface area contributed by atoms with E-state index in [0.29, 0.717) is 19.0 Å². The number of aromatic nitrogens is 3. The van der Waals surface area contributed by atoms with Crippen LogP contribution in [-0.4, -0.2) is 53.6 Å². The summed E-state index contributed by atoms with van der Waals surface area (Å²) in [7, 11) is 0. The van der Waals surface area contributed by atoms with Crippen molar-refractivity contribution in [1.82, 2.24) is 20.3 Å². The summed E-state index contributed by atoms with van der Waals surface area (Å²) in [4.78, 5) is 29.2. The molecule has 2 aromatic rings. The van der Waals surface area contributed by atoms with Crippen LogP contribution in [0.4, 0.5) is 23.3 Å². The number of anilines is 4. The summed E-state index contributed by atoms with van der Waals surface area (Å²) in [6.07, 6.45) is 7.26. The Morgan fingerprint density at radius 2 is 1.85 bits per heavy atom. The van der Waals surface area contributed by atoms with Crippen molar-refractivity contribution in [3.05, 3.63) is 30.6 Å². The van der Waals surface area contributed by atoms with Crippen molar-refractivity contribution in [2.75, 3.05) is 47.8 Å². The lowest BCUT2D eigenvalue weighted by atomic mass is 10.1. The fraction of sp³-hybridized carbons (Fsp3) is 0.444. The Hall–Kier alpha value is -2.90. The van der Waals surface area contributed by atoms with Crippen LogP contribution in [0.3, 0.4) is 0 Å². The van der Waals surface area contributed by atoms with Gasteiger partial charge in [-0.05, 0) is 37.5 Å². The van der Waals surface area contributed by atoms with Gasteiger partial charge in [-0.1, -0.05) is 0 Å². The van der Waals surface area contributed by atoms with E-state index >= 15 is 0 Å². The van der Waals surface area contributed by atoms with Crippen molar-refractivity contribution < 1.29 is 4.79 Å². The van der Waals surface area contributed by atoms with Gasteiger partial charge in [0.2, 0.25) is 11.9 Å². The molecule has 0 unspecified atom stereocenters. The predicted octanol–water partition coefficient (Wildman–Crippen LogP) is 1.54. The molecule has 0 aromatic carbocycles. The number of carbonyl (C=O) groups excluding carboxylic acids is 1. The molecule has 1 amide bonds. The summed E-state index contributed by atoms with van der Waals surface area (Å²) in [6, 6.07) is 5.81. The average molecular weight is 353 g/mol. The zero-order valence-corrected chi connectivity index (χ0v) is 14.7. The third-order valence-electron chi connectivity index (χ3n) is 4.69. The van der Waals surface area contributed by atoms with E-state index < -0.39 is 0 Å². The minimum Gasteiger partial charge on any atom is -0.356 e. The molecule has 2 N–H and O–H groups in total. The molecule has 2 aliphatic heterocycles. The molecule has 26 heavy (non-hydrogen) atoms. The van der Waals surface area contributed by atoms with Crippen molar-refractivity contribution in [1.29, 1.82) is 0 Å². The monoisotopic (exact) mass is 353 g/mol. The van der Waals surface area contributed by atoms with E-state index in [0.717, 1.165) is 37.0 Å². The SMILES string of the molecule is O=C1CN(c2ccc(Nc3nccc(N4CCCCC4)n3)cn2)CCN1. The van der Waals surface area contributed by atoms with Crippen LogP contribution in [0.5, 0.6) is 0 Å². The number of nitrogens with one attached hydrogen (secondary N) is 2. The minimum absolute atomic E-state index is 0.0307.